The second-order valence-corrected chi connectivity index (χ2v) is 11.2. The van der Waals surface area contributed by atoms with Crippen LogP contribution in [0.2, 0.25) is 0 Å². The Morgan fingerprint density at radius 2 is 1.75 bits per heavy atom. The molecule has 0 fully saturated rings. The van der Waals surface area contributed by atoms with Crippen LogP contribution in [0.3, 0.4) is 0 Å². The number of nitrogens with two attached hydrogens (primary N) is 3. The van der Waals surface area contributed by atoms with Gasteiger partial charge in [-0.25, -0.2) is 26.4 Å². The van der Waals surface area contributed by atoms with Crippen LogP contribution >= 0.6 is 0 Å². The molecule has 7 N–H and O–H groups in total. The topological polar surface area (TPSA) is 223 Å². The summed E-state index contributed by atoms with van der Waals surface area (Å²) in [5.41, 5.74) is 19.1. The van der Waals surface area contributed by atoms with Crippen molar-refractivity contribution in [2.75, 3.05) is 0 Å². The third-order valence-electron chi connectivity index (χ3n) is 5.39. The van der Waals surface area contributed by atoms with E-state index in [1.165, 1.54) is 6.08 Å². The molecule has 1 aliphatic carbocycles. The fourth-order valence-corrected chi connectivity index (χ4v) is 6.21. The molecule has 0 saturated heterocycles. The van der Waals surface area contributed by atoms with Crippen molar-refractivity contribution < 1.29 is 35.5 Å². The van der Waals surface area contributed by atoms with Gasteiger partial charge in [-0.3, -0.25) is 0 Å². The maximum Gasteiger partial charge on any atom is 0.316 e. The lowest BCUT2D eigenvalue weighted by Crippen LogP contribution is -2.84. The summed E-state index contributed by atoms with van der Waals surface area (Å²) in [6.45, 7) is 0. The third kappa shape index (κ3) is 6.67. The van der Waals surface area contributed by atoms with Crippen LogP contribution in [0.15, 0.2) is 59.2 Å². The first-order valence-electron chi connectivity index (χ1n) is 10.4. The predicted octanol–water partition coefficient (Wildman–Crippen LogP) is -2.62. The molecule has 0 bridgehead atoms. The van der Waals surface area contributed by atoms with Gasteiger partial charge in [0.2, 0.25) is 5.69 Å². The molecule has 36 heavy (non-hydrogen) atoms. The van der Waals surface area contributed by atoms with Crippen LogP contribution in [0.5, 0.6) is 0 Å². The Hall–Kier alpha value is -3.77. The highest BCUT2D eigenvalue weighted by Gasteiger charge is 2.35. The number of rotatable bonds is 4. The van der Waals surface area contributed by atoms with Crippen LogP contribution in [-0.2, 0) is 27.3 Å². The minimum atomic E-state index is -5.06. The maximum atomic E-state index is 11.7. The normalized spacial score (nSPS) is 18.5. The third-order valence-corrected chi connectivity index (χ3v) is 8.06. The van der Waals surface area contributed by atoms with Crippen LogP contribution < -0.4 is 26.8 Å². The summed E-state index contributed by atoms with van der Waals surface area (Å²) in [7, 11) is -8.22. The summed E-state index contributed by atoms with van der Waals surface area (Å²) < 4.78 is 71.3. The van der Waals surface area contributed by atoms with Crippen molar-refractivity contribution in [1.82, 2.24) is 0 Å². The van der Waals surface area contributed by atoms with Crippen LogP contribution in [0, 0.1) is 11.8 Å². The van der Waals surface area contributed by atoms with Gasteiger partial charge in [-0.1, -0.05) is 17.9 Å². The number of aliphatic imine (C=N–C) groups is 1. The number of aromatic nitrogens is 1. The molecule has 0 unspecified atom stereocenters. The molecule has 0 saturated carbocycles. The molecule has 1 aromatic heterocycles. The number of nitrogens with zero attached hydrogens (tertiary/aromatic N) is 2. The van der Waals surface area contributed by atoms with Crippen molar-refractivity contribution in [3.63, 3.8) is 0 Å². The average molecular weight is 533 g/mol. The van der Waals surface area contributed by atoms with E-state index in [-0.39, 0.29) is 17.5 Å². The molecule has 190 valence electrons. The molecule has 0 radical (unpaired) electrons. The highest BCUT2D eigenvalue weighted by Crippen LogP contribution is 2.29. The van der Waals surface area contributed by atoms with E-state index in [4.69, 9.17) is 17.2 Å². The quantitative estimate of drug-likeness (QED) is 0.106. The molecule has 3 rings (SSSR count). The second kappa shape index (κ2) is 10.5. The van der Waals surface area contributed by atoms with E-state index < -0.39 is 43.6 Å². The molecule has 0 amide bonds. The highest BCUT2D eigenvalue weighted by molar-refractivity contribution is 7.90. The van der Waals surface area contributed by atoms with Gasteiger partial charge in [0.15, 0.2) is 6.20 Å². The van der Waals surface area contributed by atoms with Gasteiger partial charge >= 0.3 is 5.96 Å². The van der Waals surface area contributed by atoms with Crippen molar-refractivity contribution in [1.29, 1.82) is 0 Å². The summed E-state index contributed by atoms with van der Waals surface area (Å²) in [5.74, 6) is 5.56. The van der Waals surface area contributed by atoms with E-state index in [0.29, 0.717) is 16.8 Å². The second-order valence-electron chi connectivity index (χ2n) is 7.99. The van der Waals surface area contributed by atoms with E-state index in [2.05, 4.69) is 21.8 Å². The number of benzene rings is 1. The van der Waals surface area contributed by atoms with Gasteiger partial charge < -0.3 is 26.3 Å². The van der Waals surface area contributed by atoms with Crippen molar-refractivity contribution in [2.45, 2.75) is 23.3 Å². The standard InChI is InChI=1S/C22H24N6O6S2/c1-28-11-3-2-4-18(28)17-9-8-16(26-22(25)27-21(23)24)13-15(17)7-5-14-6-10-19(35(29,30)31)20(12-14)36(32,33)34/h2-4,6,8-9,11,13,19-20H,10,12H2,1H3,(H7,23,24,25,27,29,30,31,32,33,34)/t19-,20+/m0/s1. The summed E-state index contributed by atoms with van der Waals surface area (Å²) in [6.07, 6.45) is 2.30. The van der Waals surface area contributed by atoms with Gasteiger partial charge in [-0.15, -0.1) is 4.99 Å². The van der Waals surface area contributed by atoms with Gasteiger partial charge in [0.1, 0.15) is 12.7 Å². The van der Waals surface area contributed by atoms with Gasteiger partial charge in [0.05, 0.1) is 36.3 Å². The minimum absolute atomic E-state index is 0.0599. The molecule has 12 nitrogen and oxygen atoms in total. The van der Waals surface area contributed by atoms with E-state index in [1.807, 2.05) is 36.0 Å². The zero-order valence-corrected chi connectivity index (χ0v) is 20.7. The fourth-order valence-electron chi connectivity index (χ4n) is 3.73. The molecule has 0 spiro atoms. The minimum Gasteiger partial charge on any atom is -0.748 e. The number of guanidine groups is 2. The molecule has 2 aromatic rings. The largest absolute Gasteiger partial charge is 0.748 e. The lowest BCUT2D eigenvalue weighted by molar-refractivity contribution is -0.660. The molecule has 1 aromatic carbocycles. The van der Waals surface area contributed by atoms with Gasteiger partial charge in [0, 0.05) is 17.7 Å². The van der Waals surface area contributed by atoms with Gasteiger partial charge in [0.25, 0.3) is 5.96 Å². The Labute approximate surface area is 208 Å². The summed E-state index contributed by atoms with van der Waals surface area (Å²) >= 11 is 0. The lowest BCUT2D eigenvalue weighted by atomic mass is 9.97. The van der Waals surface area contributed by atoms with Crippen LogP contribution in [0.1, 0.15) is 18.4 Å². The summed E-state index contributed by atoms with van der Waals surface area (Å²) in [4.78, 5) is 6.66. The van der Waals surface area contributed by atoms with Gasteiger partial charge in [-0.05, 0) is 42.7 Å². The van der Waals surface area contributed by atoms with E-state index in [9.17, 15) is 25.9 Å². The Morgan fingerprint density at radius 1 is 1.06 bits per heavy atom. The van der Waals surface area contributed by atoms with E-state index >= 15 is 0 Å². The maximum absolute atomic E-state index is 11.7. The first-order valence-corrected chi connectivity index (χ1v) is 13.4. The molecular weight excluding hydrogens is 508 g/mol. The number of hydrogen-bond acceptors (Lipinski definition) is 7. The number of allylic oxidation sites excluding steroid dienone is 2. The molecule has 2 atom stereocenters. The molecule has 1 heterocycles. The summed E-state index contributed by atoms with van der Waals surface area (Å²) in [5, 5.41) is -3.77. The molecule has 1 aliphatic rings. The Morgan fingerprint density at radius 3 is 2.36 bits per heavy atom. The number of pyridine rings is 1. The fraction of sp³-hybridized carbons (Fsp3) is 0.227. The first-order chi connectivity index (χ1) is 16.8. The zero-order chi connectivity index (χ0) is 26.7. The molecular formula is C22H24N6O6S2. The van der Waals surface area contributed by atoms with Crippen LogP contribution in [-0.4, -0.2) is 48.4 Å². The van der Waals surface area contributed by atoms with Crippen molar-refractivity contribution in [2.24, 2.45) is 29.2 Å². The van der Waals surface area contributed by atoms with Gasteiger partial charge in [-0.2, -0.15) is 0 Å². The first kappa shape index (κ1) is 26.8. The van der Waals surface area contributed by atoms with Crippen LogP contribution in [0.25, 0.3) is 11.3 Å². The number of nitrogens with one attached hydrogen (secondary N) is 1. The predicted molar refractivity (Wildman–Crippen MR) is 130 cm³/mol. The Balaban J connectivity index is 2.10. The van der Waals surface area contributed by atoms with Crippen molar-refractivity contribution in [3.8, 4) is 23.1 Å². The monoisotopic (exact) mass is 532 g/mol. The van der Waals surface area contributed by atoms with E-state index in [0.717, 1.165) is 5.69 Å². The highest BCUT2D eigenvalue weighted by atomic mass is 32.2. The SMILES string of the molecule is C[n+]1ccccc1-c1ccc(N=C(N)[NH+]=C(N)N)cc1C#CC1=CC[C@H](S(=O)(=O)[O-])[C@H](S(=O)(=O)[O-])C1. The number of hydrogen-bond donors (Lipinski definition) is 4. The van der Waals surface area contributed by atoms with Crippen molar-refractivity contribution in [3.05, 3.63) is 59.8 Å². The molecule has 0 aliphatic heterocycles. The number of aryl methyl sites for hydroxylation is 1. The van der Waals surface area contributed by atoms with Crippen LogP contribution in [0.4, 0.5) is 5.69 Å². The Kier molecular flexibility index (Phi) is 7.80. The van der Waals surface area contributed by atoms with E-state index in [1.54, 1.807) is 18.2 Å². The Bertz CT molecular complexity index is 1550. The smallest absolute Gasteiger partial charge is 0.316 e. The zero-order valence-electron chi connectivity index (χ0n) is 19.1. The molecule has 14 heteroatoms. The van der Waals surface area contributed by atoms with Crippen molar-refractivity contribution >= 4 is 37.8 Å². The average Bonchev–Trinajstić information content (AvgIpc) is 2.76. The summed E-state index contributed by atoms with van der Waals surface area (Å²) in [6, 6.07) is 10.7. The lowest BCUT2D eigenvalue weighted by Gasteiger charge is -2.33.